The van der Waals surface area contributed by atoms with Crippen LogP contribution in [0.4, 0.5) is 5.69 Å². The molecule has 0 spiro atoms. The maximum absolute atomic E-state index is 12.5. The van der Waals surface area contributed by atoms with Gasteiger partial charge in [-0.1, -0.05) is 6.07 Å². The van der Waals surface area contributed by atoms with Crippen LogP contribution in [0.25, 0.3) is 16.8 Å². The predicted molar refractivity (Wildman–Crippen MR) is 93.8 cm³/mol. The van der Waals surface area contributed by atoms with Crippen LogP contribution in [-0.2, 0) is 0 Å². The molecule has 1 amide bonds. The van der Waals surface area contributed by atoms with Gasteiger partial charge in [-0.25, -0.2) is 4.98 Å². The number of ether oxygens (including phenoxy) is 1. The summed E-state index contributed by atoms with van der Waals surface area (Å²) in [6.45, 7) is 0. The lowest BCUT2D eigenvalue weighted by Crippen LogP contribution is -2.11. The average molecular weight is 333 g/mol. The summed E-state index contributed by atoms with van der Waals surface area (Å²) in [5, 5.41) is 2.89. The summed E-state index contributed by atoms with van der Waals surface area (Å²) < 4.78 is 12.6. The van der Waals surface area contributed by atoms with Crippen molar-refractivity contribution in [3.05, 3.63) is 73.0 Å². The Morgan fingerprint density at radius 1 is 1.24 bits per heavy atom. The topological polar surface area (TPSA) is 68.8 Å². The summed E-state index contributed by atoms with van der Waals surface area (Å²) in [4.78, 5) is 16.4. The van der Waals surface area contributed by atoms with Crippen LogP contribution in [0.1, 0.15) is 10.4 Å². The largest absolute Gasteiger partial charge is 0.496 e. The van der Waals surface area contributed by atoms with Gasteiger partial charge in [0.2, 0.25) is 0 Å². The number of methoxy groups -OCH3 is 1. The first kappa shape index (κ1) is 15.0. The van der Waals surface area contributed by atoms with Crippen molar-refractivity contribution in [2.45, 2.75) is 0 Å². The highest BCUT2D eigenvalue weighted by Gasteiger charge is 2.13. The fourth-order valence-electron chi connectivity index (χ4n) is 2.70. The van der Waals surface area contributed by atoms with Crippen molar-refractivity contribution in [1.82, 2.24) is 9.38 Å². The molecule has 4 rings (SSSR count). The third-order valence-electron chi connectivity index (χ3n) is 3.92. The van der Waals surface area contributed by atoms with Gasteiger partial charge < -0.3 is 18.9 Å². The molecule has 124 valence electrons. The van der Waals surface area contributed by atoms with E-state index in [1.165, 1.54) is 6.39 Å². The van der Waals surface area contributed by atoms with Gasteiger partial charge in [-0.05, 0) is 30.3 Å². The minimum atomic E-state index is -0.182. The zero-order valence-corrected chi connectivity index (χ0v) is 13.5. The Morgan fingerprint density at radius 2 is 2.16 bits per heavy atom. The second kappa shape index (κ2) is 6.16. The van der Waals surface area contributed by atoms with Crippen LogP contribution in [0, 0.1) is 0 Å². The molecule has 3 aromatic heterocycles. The molecule has 6 heteroatoms. The molecule has 0 fully saturated rings. The number of oxazole rings is 1. The summed E-state index contributed by atoms with van der Waals surface area (Å²) >= 11 is 0. The number of carbonyl (C=O) groups is 1. The number of nitrogens with one attached hydrogen (secondary N) is 1. The standard InChI is InChI=1S/C19H15N3O3/c1-24-17-9-14(5-6-16(17)18-10-20-12-25-18)21-19(23)13-8-15-4-2-3-7-22(15)11-13/h2-12H,1H3,(H,21,23). The van der Waals surface area contributed by atoms with Gasteiger partial charge in [0.05, 0.1) is 24.4 Å². The van der Waals surface area contributed by atoms with Crippen LogP contribution in [0.2, 0.25) is 0 Å². The molecule has 1 N–H and O–H groups in total. The Kier molecular flexibility index (Phi) is 3.70. The summed E-state index contributed by atoms with van der Waals surface area (Å²) in [5.74, 6) is 1.02. The van der Waals surface area contributed by atoms with E-state index < -0.39 is 0 Å². The average Bonchev–Trinajstić information content (AvgIpc) is 3.31. The first-order valence-corrected chi connectivity index (χ1v) is 7.69. The Balaban J connectivity index is 1.60. The molecule has 4 aromatic rings. The van der Waals surface area contributed by atoms with E-state index >= 15 is 0 Å². The molecule has 0 atom stereocenters. The maximum atomic E-state index is 12.5. The molecule has 1 aromatic carbocycles. The molecule has 3 heterocycles. The Bertz CT molecular complexity index is 1000. The van der Waals surface area contributed by atoms with Crippen LogP contribution in [0.5, 0.6) is 5.75 Å². The van der Waals surface area contributed by atoms with Gasteiger partial charge in [0.15, 0.2) is 12.2 Å². The number of benzene rings is 1. The van der Waals surface area contributed by atoms with Gasteiger partial charge in [-0.3, -0.25) is 4.79 Å². The number of hydrogen-bond acceptors (Lipinski definition) is 4. The molecular formula is C19H15N3O3. The van der Waals surface area contributed by atoms with Crippen molar-refractivity contribution < 1.29 is 13.9 Å². The van der Waals surface area contributed by atoms with Gasteiger partial charge in [-0.15, -0.1) is 0 Å². The zero-order valence-electron chi connectivity index (χ0n) is 13.5. The minimum absolute atomic E-state index is 0.182. The van der Waals surface area contributed by atoms with E-state index in [1.807, 2.05) is 40.9 Å². The van der Waals surface area contributed by atoms with E-state index in [2.05, 4.69) is 10.3 Å². The highest BCUT2D eigenvalue weighted by molar-refractivity contribution is 6.05. The summed E-state index contributed by atoms with van der Waals surface area (Å²) in [6, 6.07) is 13.0. The normalized spacial score (nSPS) is 10.8. The molecule has 25 heavy (non-hydrogen) atoms. The van der Waals surface area contributed by atoms with Crippen LogP contribution < -0.4 is 10.1 Å². The number of nitrogens with zero attached hydrogens (tertiary/aromatic N) is 2. The SMILES string of the molecule is COc1cc(NC(=O)c2cc3ccccn3c2)ccc1-c1cnco1. The number of hydrogen-bond donors (Lipinski definition) is 1. The third-order valence-corrected chi connectivity index (χ3v) is 3.92. The van der Waals surface area contributed by atoms with Crippen LogP contribution in [0.3, 0.4) is 0 Å². The fraction of sp³-hybridized carbons (Fsp3) is 0.0526. The van der Waals surface area contributed by atoms with Gasteiger partial charge in [-0.2, -0.15) is 0 Å². The Morgan fingerprint density at radius 3 is 2.92 bits per heavy atom. The van der Waals surface area contributed by atoms with Crippen LogP contribution in [-0.4, -0.2) is 22.4 Å². The van der Waals surface area contributed by atoms with Crippen molar-refractivity contribution in [3.63, 3.8) is 0 Å². The van der Waals surface area contributed by atoms with E-state index in [9.17, 15) is 4.79 Å². The van der Waals surface area contributed by atoms with Crippen molar-refractivity contribution in [2.24, 2.45) is 0 Å². The second-order valence-electron chi connectivity index (χ2n) is 5.50. The second-order valence-corrected chi connectivity index (χ2v) is 5.50. The smallest absolute Gasteiger partial charge is 0.257 e. The predicted octanol–water partition coefficient (Wildman–Crippen LogP) is 3.86. The molecule has 0 saturated heterocycles. The number of pyridine rings is 1. The number of aromatic nitrogens is 2. The fourth-order valence-corrected chi connectivity index (χ4v) is 2.70. The molecular weight excluding hydrogens is 318 g/mol. The number of anilines is 1. The highest BCUT2D eigenvalue weighted by atomic mass is 16.5. The number of rotatable bonds is 4. The zero-order chi connectivity index (χ0) is 17.2. The van der Waals surface area contributed by atoms with Crippen molar-refractivity contribution in [3.8, 4) is 17.1 Å². The number of carbonyl (C=O) groups excluding carboxylic acids is 1. The van der Waals surface area contributed by atoms with Gasteiger partial charge >= 0.3 is 0 Å². The Hall–Kier alpha value is -3.54. The number of fused-ring (bicyclic) bond motifs is 1. The molecule has 0 bridgehead atoms. The molecule has 0 unspecified atom stereocenters. The van der Waals surface area contributed by atoms with E-state index in [4.69, 9.17) is 9.15 Å². The Labute approximate surface area is 143 Å². The van der Waals surface area contributed by atoms with E-state index in [1.54, 1.807) is 31.6 Å². The quantitative estimate of drug-likeness (QED) is 0.616. The van der Waals surface area contributed by atoms with E-state index in [-0.39, 0.29) is 5.91 Å². The lowest BCUT2D eigenvalue weighted by atomic mass is 10.1. The van der Waals surface area contributed by atoms with Crippen molar-refractivity contribution in [1.29, 1.82) is 0 Å². The van der Waals surface area contributed by atoms with Crippen LogP contribution in [0.15, 0.2) is 71.9 Å². The molecule has 0 aliphatic rings. The lowest BCUT2D eigenvalue weighted by molar-refractivity contribution is 0.102. The summed E-state index contributed by atoms with van der Waals surface area (Å²) in [5.41, 5.74) is 2.96. The molecule has 6 nitrogen and oxygen atoms in total. The van der Waals surface area contributed by atoms with Crippen molar-refractivity contribution >= 4 is 17.1 Å². The van der Waals surface area contributed by atoms with E-state index in [0.717, 1.165) is 11.1 Å². The number of amides is 1. The maximum Gasteiger partial charge on any atom is 0.257 e. The van der Waals surface area contributed by atoms with E-state index in [0.29, 0.717) is 22.8 Å². The van der Waals surface area contributed by atoms with Crippen LogP contribution >= 0.6 is 0 Å². The lowest BCUT2D eigenvalue weighted by Gasteiger charge is -2.09. The molecule has 0 aliphatic heterocycles. The molecule has 0 saturated carbocycles. The van der Waals surface area contributed by atoms with Gasteiger partial charge in [0, 0.05) is 29.7 Å². The summed E-state index contributed by atoms with van der Waals surface area (Å²) in [7, 11) is 1.57. The minimum Gasteiger partial charge on any atom is -0.496 e. The molecule has 0 radical (unpaired) electrons. The highest BCUT2D eigenvalue weighted by Crippen LogP contribution is 2.32. The van der Waals surface area contributed by atoms with Crippen molar-refractivity contribution in [2.75, 3.05) is 12.4 Å². The third kappa shape index (κ3) is 2.85. The summed E-state index contributed by atoms with van der Waals surface area (Å²) in [6.07, 6.45) is 6.68. The van der Waals surface area contributed by atoms with Gasteiger partial charge in [0.25, 0.3) is 5.91 Å². The first-order valence-electron chi connectivity index (χ1n) is 7.69. The monoisotopic (exact) mass is 333 g/mol. The van der Waals surface area contributed by atoms with Gasteiger partial charge in [0.1, 0.15) is 5.75 Å². The molecule has 0 aliphatic carbocycles. The first-order chi connectivity index (χ1) is 12.2.